The van der Waals surface area contributed by atoms with Crippen molar-refractivity contribution < 1.29 is 33.3 Å². The van der Waals surface area contributed by atoms with Gasteiger partial charge in [0.25, 0.3) is 0 Å². The van der Waals surface area contributed by atoms with E-state index in [1.807, 2.05) is 32.9 Å². The number of hydrogen-bond acceptors (Lipinski definition) is 5. The third kappa shape index (κ3) is 5.30. The standard InChI is InChI=1S/C32H26F3N3O4/c1-31(2,3)20-10-13-22(14-11-20)38-26-17-21(32(33,34)35)12-15-24(26)27(29(38)40)37-36-25-9-5-8-23(28(25)39)18-6-4-7-19(16-18)30(41)42/h4-17,39-40H,1-3H3,(H,41,42). The molecule has 10 heteroatoms. The van der Waals surface area contributed by atoms with Crippen LogP contribution in [0.25, 0.3) is 27.7 Å². The van der Waals surface area contributed by atoms with Crippen LogP contribution in [0.5, 0.6) is 11.6 Å². The van der Waals surface area contributed by atoms with E-state index >= 15 is 0 Å². The average molecular weight is 574 g/mol. The van der Waals surface area contributed by atoms with E-state index in [0.717, 1.165) is 17.7 Å². The number of aromatic nitrogens is 1. The van der Waals surface area contributed by atoms with Crippen molar-refractivity contribution >= 4 is 28.2 Å². The molecular formula is C32H26F3N3O4. The number of azo groups is 1. The SMILES string of the molecule is CC(C)(C)c1ccc(-n2c(O)c(N=Nc3cccc(-c4cccc(C(=O)O)c4)c3O)c3ccc(C(F)(F)F)cc32)cc1. The van der Waals surface area contributed by atoms with Gasteiger partial charge in [-0.05, 0) is 65.1 Å². The minimum atomic E-state index is -4.61. The van der Waals surface area contributed by atoms with E-state index in [4.69, 9.17) is 0 Å². The summed E-state index contributed by atoms with van der Waals surface area (Å²) in [5.74, 6) is -1.84. The molecule has 42 heavy (non-hydrogen) atoms. The fourth-order valence-corrected chi connectivity index (χ4v) is 4.67. The number of hydrogen-bond donors (Lipinski definition) is 3. The van der Waals surface area contributed by atoms with Gasteiger partial charge in [-0.3, -0.25) is 4.57 Å². The van der Waals surface area contributed by atoms with Gasteiger partial charge >= 0.3 is 12.1 Å². The summed E-state index contributed by atoms with van der Waals surface area (Å²) in [4.78, 5) is 11.4. The largest absolute Gasteiger partial charge is 0.505 e. The monoisotopic (exact) mass is 573 g/mol. The molecule has 1 heterocycles. The quantitative estimate of drug-likeness (QED) is 0.182. The highest BCUT2D eigenvalue weighted by atomic mass is 19.4. The molecule has 5 rings (SSSR count). The van der Waals surface area contributed by atoms with Crippen LogP contribution in [0.15, 0.2) is 95.2 Å². The fraction of sp³-hybridized carbons (Fsp3) is 0.156. The van der Waals surface area contributed by atoms with Crippen LogP contribution in [0.1, 0.15) is 42.3 Å². The van der Waals surface area contributed by atoms with Gasteiger partial charge in [-0.2, -0.15) is 13.2 Å². The number of aromatic hydroxyl groups is 2. The number of benzene rings is 4. The van der Waals surface area contributed by atoms with E-state index in [1.165, 1.54) is 28.8 Å². The Hall–Kier alpha value is -5.12. The van der Waals surface area contributed by atoms with Gasteiger partial charge in [0.1, 0.15) is 5.69 Å². The molecule has 0 aliphatic heterocycles. The van der Waals surface area contributed by atoms with Crippen molar-refractivity contribution in [1.82, 2.24) is 4.57 Å². The molecule has 0 amide bonds. The first-order valence-electron chi connectivity index (χ1n) is 12.9. The first kappa shape index (κ1) is 28.4. The van der Waals surface area contributed by atoms with Gasteiger partial charge in [-0.1, -0.05) is 57.2 Å². The zero-order chi connectivity index (χ0) is 30.4. The predicted octanol–water partition coefficient (Wildman–Crippen LogP) is 9.14. The number of halogens is 3. The predicted molar refractivity (Wildman–Crippen MR) is 153 cm³/mol. The average Bonchev–Trinajstić information content (AvgIpc) is 3.21. The molecule has 0 radical (unpaired) electrons. The Morgan fingerprint density at radius 3 is 2.12 bits per heavy atom. The van der Waals surface area contributed by atoms with Gasteiger partial charge in [0.2, 0.25) is 5.88 Å². The molecule has 0 unspecified atom stereocenters. The van der Waals surface area contributed by atoms with Gasteiger partial charge in [0, 0.05) is 16.6 Å². The highest BCUT2D eigenvalue weighted by Crippen LogP contribution is 2.45. The molecule has 0 atom stereocenters. The Bertz CT molecular complexity index is 1850. The minimum Gasteiger partial charge on any atom is -0.505 e. The number of phenols is 1. The number of fused-ring (bicyclic) bond motifs is 1. The number of phenolic OH excluding ortho intramolecular Hbond substituents is 1. The highest BCUT2D eigenvalue weighted by molar-refractivity contribution is 5.97. The lowest BCUT2D eigenvalue weighted by Crippen LogP contribution is -2.10. The molecule has 0 spiro atoms. The number of rotatable bonds is 5. The van der Waals surface area contributed by atoms with Gasteiger partial charge in [0.15, 0.2) is 11.4 Å². The van der Waals surface area contributed by atoms with E-state index in [9.17, 15) is 33.3 Å². The molecule has 0 bridgehead atoms. The van der Waals surface area contributed by atoms with Gasteiger partial charge in [-0.25, -0.2) is 4.79 Å². The normalized spacial score (nSPS) is 12.3. The van der Waals surface area contributed by atoms with E-state index in [-0.39, 0.29) is 39.0 Å². The lowest BCUT2D eigenvalue weighted by atomic mass is 9.87. The number of carboxylic acids is 1. The van der Waals surface area contributed by atoms with Crippen LogP contribution in [0.3, 0.4) is 0 Å². The van der Waals surface area contributed by atoms with Crippen molar-refractivity contribution in [2.75, 3.05) is 0 Å². The van der Waals surface area contributed by atoms with Crippen LogP contribution < -0.4 is 0 Å². The number of para-hydroxylation sites is 1. The number of alkyl halides is 3. The molecule has 0 saturated heterocycles. The lowest BCUT2D eigenvalue weighted by molar-refractivity contribution is -0.137. The van der Waals surface area contributed by atoms with Crippen molar-refractivity contribution in [3.63, 3.8) is 0 Å². The maximum atomic E-state index is 13.6. The van der Waals surface area contributed by atoms with Crippen LogP contribution >= 0.6 is 0 Å². The Morgan fingerprint density at radius 1 is 0.810 bits per heavy atom. The molecule has 7 nitrogen and oxygen atoms in total. The Morgan fingerprint density at radius 2 is 1.48 bits per heavy atom. The van der Waals surface area contributed by atoms with Crippen LogP contribution in [0.2, 0.25) is 0 Å². The smallest absolute Gasteiger partial charge is 0.416 e. The van der Waals surface area contributed by atoms with Crippen molar-refractivity contribution in [3.8, 4) is 28.4 Å². The fourth-order valence-electron chi connectivity index (χ4n) is 4.67. The summed E-state index contributed by atoms with van der Waals surface area (Å²) in [5, 5.41) is 40.0. The van der Waals surface area contributed by atoms with Gasteiger partial charge in [0.05, 0.1) is 16.6 Å². The third-order valence-electron chi connectivity index (χ3n) is 6.93. The molecule has 5 aromatic rings. The lowest BCUT2D eigenvalue weighted by Gasteiger charge is -2.19. The van der Waals surface area contributed by atoms with E-state index in [2.05, 4.69) is 10.2 Å². The summed E-state index contributed by atoms with van der Waals surface area (Å²) in [5.41, 5.74) is 1.14. The number of carboxylic acid groups (broad SMARTS) is 1. The summed E-state index contributed by atoms with van der Waals surface area (Å²) in [6, 6.07) is 20.8. The summed E-state index contributed by atoms with van der Waals surface area (Å²) in [6.45, 7) is 6.10. The second-order valence-electron chi connectivity index (χ2n) is 10.8. The summed E-state index contributed by atoms with van der Waals surface area (Å²) in [7, 11) is 0. The number of aromatic carboxylic acids is 1. The second-order valence-corrected chi connectivity index (χ2v) is 10.8. The molecular weight excluding hydrogens is 547 g/mol. The number of carbonyl (C=O) groups is 1. The molecule has 0 saturated carbocycles. The van der Waals surface area contributed by atoms with Crippen LogP contribution in [0.4, 0.5) is 24.5 Å². The summed E-state index contributed by atoms with van der Waals surface area (Å²) < 4.78 is 42.2. The topological polar surface area (TPSA) is 107 Å². The van der Waals surface area contributed by atoms with Crippen LogP contribution in [-0.2, 0) is 11.6 Å². The molecule has 4 aromatic carbocycles. The number of nitrogens with zero attached hydrogens (tertiary/aromatic N) is 3. The molecule has 0 aliphatic rings. The second kappa shape index (κ2) is 10.4. The minimum absolute atomic E-state index is 0.00923. The zero-order valence-corrected chi connectivity index (χ0v) is 22.8. The molecule has 214 valence electrons. The molecule has 0 aliphatic carbocycles. The van der Waals surface area contributed by atoms with E-state index in [0.29, 0.717) is 16.8 Å². The molecule has 3 N–H and O–H groups in total. The van der Waals surface area contributed by atoms with Gasteiger partial charge < -0.3 is 15.3 Å². The molecule has 0 fully saturated rings. The first-order chi connectivity index (χ1) is 19.8. The van der Waals surface area contributed by atoms with Crippen molar-refractivity contribution in [1.29, 1.82) is 0 Å². The maximum Gasteiger partial charge on any atom is 0.416 e. The Kier molecular flexibility index (Phi) is 7.01. The van der Waals surface area contributed by atoms with E-state index < -0.39 is 23.6 Å². The Labute approximate surface area is 238 Å². The summed E-state index contributed by atoms with van der Waals surface area (Å²) >= 11 is 0. The first-order valence-corrected chi connectivity index (χ1v) is 12.9. The van der Waals surface area contributed by atoms with Crippen molar-refractivity contribution in [2.45, 2.75) is 32.4 Å². The van der Waals surface area contributed by atoms with Crippen LogP contribution in [-0.4, -0.2) is 25.9 Å². The van der Waals surface area contributed by atoms with Crippen molar-refractivity contribution in [2.24, 2.45) is 10.2 Å². The third-order valence-corrected chi connectivity index (χ3v) is 6.93. The maximum absolute atomic E-state index is 13.6. The van der Waals surface area contributed by atoms with E-state index in [1.54, 1.807) is 36.4 Å². The zero-order valence-electron chi connectivity index (χ0n) is 22.8. The summed E-state index contributed by atoms with van der Waals surface area (Å²) in [6.07, 6.45) is -4.61. The highest BCUT2D eigenvalue weighted by Gasteiger charge is 2.32. The molecule has 1 aromatic heterocycles. The van der Waals surface area contributed by atoms with Crippen LogP contribution in [0, 0.1) is 0 Å². The Balaban J connectivity index is 1.64. The van der Waals surface area contributed by atoms with Gasteiger partial charge in [-0.15, -0.1) is 10.2 Å². The van der Waals surface area contributed by atoms with Crippen molar-refractivity contribution in [3.05, 3.63) is 102 Å².